The van der Waals surface area contributed by atoms with Crippen LogP contribution in [0.3, 0.4) is 0 Å². The molecule has 1 unspecified atom stereocenters. The molecule has 20 heavy (non-hydrogen) atoms. The standard InChI is InChI=1S/C16H24N2O2/c1-4-18-8-7-17(10-13(18)2)11-15-9-14(12-19)5-6-16(15)20-3/h5-6,9,12-13H,4,7-8,10-11H2,1-3H3. The molecule has 0 bridgehead atoms. The lowest BCUT2D eigenvalue weighted by Gasteiger charge is -2.39. The number of rotatable bonds is 5. The highest BCUT2D eigenvalue weighted by Gasteiger charge is 2.22. The Morgan fingerprint density at radius 2 is 2.20 bits per heavy atom. The number of likely N-dealkylation sites (N-methyl/N-ethyl adjacent to an activating group) is 1. The Bertz CT molecular complexity index is 462. The first-order chi connectivity index (χ1) is 9.67. The summed E-state index contributed by atoms with van der Waals surface area (Å²) in [7, 11) is 1.68. The van der Waals surface area contributed by atoms with Crippen LogP contribution in [0, 0.1) is 0 Å². The molecule has 0 amide bonds. The molecule has 1 atom stereocenters. The van der Waals surface area contributed by atoms with Crippen molar-refractivity contribution in [3.8, 4) is 5.75 Å². The molecule has 0 N–H and O–H groups in total. The molecule has 1 aliphatic rings. The van der Waals surface area contributed by atoms with Crippen LogP contribution in [0.4, 0.5) is 0 Å². The lowest BCUT2D eigenvalue weighted by atomic mass is 10.1. The number of carbonyl (C=O) groups excluding carboxylic acids is 1. The van der Waals surface area contributed by atoms with Gasteiger partial charge in [0.05, 0.1) is 7.11 Å². The Hall–Kier alpha value is -1.39. The van der Waals surface area contributed by atoms with Crippen molar-refractivity contribution < 1.29 is 9.53 Å². The molecule has 1 fully saturated rings. The first-order valence-corrected chi connectivity index (χ1v) is 7.26. The van der Waals surface area contributed by atoms with Gasteiger partial charge in [0.1, 0.15) is 12.0 Å². The van der Waals surface area contributed by atoms with Crippen molar-refractivity contribution >= 4 is 6.29 Å². The van der Waals surface area contributed by atoms with Crippen LogP contribution in [-0.2, 0) is 6.54 Å². The maximum absolute atomic E-state index is 10.9. The molecule has 4 heteroatoms. The Balaban J connectivity index is 2.08. The van der Waals surface area contributed by atoms with E-state index in [0.29, 0.717) is 11.6 Å². The number of benzene rings is 1. The molecule has 1 heterocycles. The van der Waals surface area contributed by atoms with Gasteiger partial charge in [-0.3, -0.25) is 14.6 Å². The molecule has 1 saturated heterocycles. The van der Waals surface area contributed by atoms with E-state index in [2.05, 4.69) is 23.6 Å². The summed E-state index contributed by atoms with van der Waals surface area (Å²) in [4.78, 5) is 15.9. The normalized spacial score (nSPS) is 20.9. The molecule has 1 aromatic rings. The van der Waals surface area contributed by atoms with Crippen molar-refractivity contribution in [2.75, 3.05) is 33.3 Å². The van der Waals surface area contributed by atoms with Crippen molar-refractivity contribution in [3.63, 3.8) is 0 Å². The summed E-state index contributed by atoms with van der Waals surface area (Å²) in [6.45, 7) is 9.66. The Labute approximate surface area is 121 Å². The lowest BCUT2D eigenvalue weighted by Crippen LogP contribution is -2.51. The highest BCUT2D eigenvalue weighted by molar-refractivity contribution is 5.75. The fraction of sp³-hybridized carbons (Fsp3) is 0.562. The van der Waals surface area contributed by atoms with Gasteiger partial charge >= 0.3 is 0 Å². The third-order valence-electron chi connectivity index (χ3n) is 4.09. The molecule has 1 aliphatic heterocycles. The van der Waals surface area contributed by atoms with Gasteiger partial charge in [0, 0.05) is 43.3 Å². The second kappa shape index (κ2) is 6.86. The topological polar surface area (TPSA) is 32.8 Å². The van der Waals surface area contributed by atoms with Crippen LogP contribution in [0.15, 0.2) is 18.2 Å². The van der Waals surface area contributed by atoms with Crippen molar-refractivity contribution in [1.29, 1.82) is 0 Å². The third kappa shape index (κ3) is 3.38. The van der Waals surface area contributed by atoms with Crippen LogP contribution >= 0.6 is 0 Å². The zero-order chi connectivity index (χ0) is 14.5. The van der Waals surface area contributed by atoms with E-state index in [1.807, 2.05) is 12.1 Å². The van der Waals surface area contributed by atoms with Crippen LogP contribution in [-0.4, -0.2) is 55.4 Å². The average Bonchev–Trinajstić information content (AvgIpc) is 2.47. The highest BCUT2D eigenvalue weighted by atomic mass is 16.5. The molecular formula is C16H24N2O2. The van der Waals surface area contributed by atoms with Crippen molar-refractivity contribution in [2.45, 2.75) is 26.4 Å². The van der Waals surface area contributed by atoms with Crippen molar-refractivity contribution in [3.05, 3.63) is 29.3 Å². The smallest absolute Gasteiger partial charge is 0.150 e. The van der Waals surface area contributed by atoms with E-state index in [1.165, 1.54) is 0 Å². The van der Waals surface area contributed by atoms with E-state index >= 15 is 0 Å². The summed E-state index contributed by atoms with van der Waals surface area (Å²) >= 11 is 0. The summed E-state index contributed by atoms with van der Waals surface area (Å²) in [5.41, 5.74) is 1.80. The zero-order valence-electron chi connectivity index (χ0n) is 12.6. The Kier molecular flexibility index (Phi) is 5.15. The van der Waals surface area contributed by atoms with Gasteiger partial charge in [-0.05, 0) is 31.7 Å². The molecule has 110 valence electrons. The minimum absolute atomic E-state index is 0.578. The van der Waals surface area contributed by atoms with Crippen molar-refractivity contribution in [2.24, 2.45) is 0 Å². The number of piperazine rings is 1. The van der Waals surface area contributed by atoms with Crippen LogP contribution in [0.1, 0.15) is 29.8 Å². The summed E-state index contributed by atoms with van der Waals surface area (Å²) in [5, 5.41) is 0. The highest BCUT2D eigenvalue weighted by Crippen LogP contribution is 2.22. The van der Waals surface area contributed by atoms with E-state index in [1.54, 1.807) is 13.2 Å². The molecule has 0 radical (unpaired) electrons. The quantitative estimate of drug-likeness (QED) is 0.771. The zero-order valence-corrected chi connectivity index (χ0v) is 12.6. The number of aldehydes is 1. The first kappa shape index (κ1) is 15.0. The predicted molar refractivity (Wildman–Crippen MR) is 80.4 cm³/mol. The molecular weight excluding hydrogens is 252 g/mol. The molecule has 0 aliphatic carbocycles. The van der Waals surface area contributed by atoms with Crippen LogP contribution in [0.5, 0.6) is 5.75 Å². The fourth-order valence-corrected chi connectivity index (χ4v) is 2.92. The SMILES string of the molecule is CCN1CCN(Cc2cc(C=O)ccc2OC)CC1C. The minimum Gasteiger partial charge on any atom is -0.496 e. The van der Waals surface area contributed by atoms with Crippen molar-refractivity contribution in [1.82, 2.24) is 9.80 Å². The van der Waals surface area contributed by atoms with E-state index in [9.17, 15) is 4.79 Å². The van der Waals surface area contributed by atoms with Gasteiger partial charge in [0.25, 0.3) is 0 Å². The van der Waals surface area contributed by atoms with E-state index < -0.39 is 0 Å². The fourth-order valence-electron chi connectivity index (χ4n) is 2.92. The lowest BCUT2D eigenvalue weighted by molar-refractivity contribution is 0.0829. The largest absolute Gasteiger partial charge is 0.496 e. The number of ether oxygens (including phenoxy) is 1. The maximum Gasteiger partial charge on any atom is 0.150 e. The number of carbonyl (C=O) groups is 1. The van der Waals surface area contributed by atoms with Crippen LogP contribution < -0.4 is 4.74 Å². The molecule has 0 spiro atoms. The summed E-state index contributed by atoms with van der Waals surface area (Å²) in [6.07, 6.45) is 0.889. The molecule has 0 saturated carbocycles. The van der Waals surface area contributed by atoms with Gasteiger partial charge in [-0.25, -0.2) is 0 Å². The van der Waals surface area contributed by atoms with E-state index in [0.717, 1.165) is 50.3 Å². The molecule has 1 aromatic carbocycles. The summed E-state index contributed by atoms with van der Waals surface area (Å²) in [6, 6.07) is 6.19. The number of hydrogen-bond acceptors (Lipinski definition) is 4. The van der Waals surface area contributed by atoms with Gasteiger partial charge in [-0.1, -0.05) is 6.92 Å². The Morgan fingerprint density at radius 1 is 1.40 bits per heavy atom. The molecule has 0 aromatic heterocycles. The van der Waals surface area contributed by atoms with Gasteiger partial charge in [0.2, 0.25) is 0 Å². The predicted octanol–water partition coefficient (Wildman–Crippen LogP) is 2.03. The summed E-state index contributed by atoms with van der Waals surface area (Å²) < 4.78 is 5.40. The monoisotopic (exact) mass is 276 g/mol. The van der Waals surface area contributed by atoms with Gasteiger partial charge in [-0.15, -0.1) is 0 Å². The van der Waals surface area contributed by atoms with Gasteiger partial charge < -0.3 is 4.74 Å². The second-order valence-electron chi connectivity index (χ2n) is 5.40. The number of hydrogen-bond donors (Lipinski definition) is 0. The second-order valence-corrected chi connectivity index (χ2v) is 5.40. The minimum atomic E-state index is 0.578. The van der Waals surface area contributed by atoms with Crippen LogP contribution in [0.2, 0.25) is 0 Å². The third-order valence-corrected chi connectivity index (χ3v) is 4.09. The maximum atomic E-state index is 10.9. The first-order valence-electron chi connectivity index (χ1n) is 7.26. The van der Waals surface area contributed by atoms with Crippen LogP contribution in [0.25, 0.3) is 0 Å². The number of nitrogens with zero attached hydrogens (tertiary/aromatic N) is 2. The summed E-state index contributed by atoms with van der Waals surface area (Å²) in [5.74, 6) is 0.862. The molecule has 4 nitrogen and oxygen atoms in total. The Morgan fingerprint density at radius 3 is 2.80 bits per heavy atom. The molecule has 2 rings (SSSR count). The van der Waals surface area contributed by atoms with Gasteiger partial charge in [0.15, 0.2) is 0 Å². The van der Waals surface area contributed by atoms with E-state index in [4.69, 9.17) is 4.74 Å². The average molecular weight is 276 g/mol. The van der Waals surface area contributed by atoms with Gasteiger partial charge in [-0.2, -0.15) is 0 Å². The van der Waals surface area contributed by atoms with E-state index in [-0.39, 0.29) is 0 Å². The number of methoxy groups -OCH3 is 1.